The number of carbonyl (C=O) groups excluding carboxylic acids is 2. The molecule has 2 fully saturated rings. The molecule has 0 saturated heterocycles. The highest BCUT2D eigenvalue weighted by Gasteiger charge is 2.64. The average Bonchev–Trinajstić information content (AvgIpc) is 3.53. The molecule has 10 nitrogen and oxygen atoms in total. The molecular formula is C48H67N3O7. The Morgan fingerprint density at radius 2 is 1.93 bits per heavy atom. The minimum absolute atomic E-state index is 0.0250. The van der Waals surface area contributed by atoms with Crippen molar-refractivity contribution in [3.05, 3.63) is 93.6 Å². The largest absolute Gasteiger partial charge is 0.396 e. The summed E-state index contributed by atoms with van der Waals surface area (Å²) in [4.78, 5) is 26.6. The number of amides is 1. The molecule has 2 heterocycles. The summed E-state index contributed by atoms with van der Waals surface area (Å²) in [5, 5.41) is 50.7. The maximum atomic E-state index is 14.2. The zero-order chi connectivity index (χ0) is 41.9. The van der Waals surface area contributed by atoms with E-state index < -0.39 is 23.3 Å². The van der Waals surface area contributed by atoms with Crippen LogP contribution >= 0.6 is 0 Å². The fourth-order valence-corrected chi connectivity index (χ4v) is 9.95. The van der Waals surface area contributed by atoms with Crippen LogP contribution in [0.1, 0.15) is 114 Å². The lowest BCUT2D eigenvalue weighted by atomic mass is 9.52. The molecule has 316 valence electrons. The van der Waals surface area contributed by atoms with E-state index >= 15 is 0 Å². The van der Waals surface area contributed by atoms with Gasteiger partial charge in [0.25, 0.3) is 0 Å². The number of ketones is 1. The summed E-state index contributed by atoms with van der Waals surface area (Å²) >= 11 is 0. The number of benzene rings is 1. The van der Waals surface area contributed by atoms with Gasteiger partial charge in [0.2, 0.25) is 5.91 Å². The fraction of sp³-hybridized carbons (Fsp3) is 0.583. The Kier molecular flexibility index (Phi) is 16.5. The first-order chi connectivity index (χ1) is 27.8. The van der Waals surface area contributed by atoms with E-state index in [0.717, 1.165) is 65.6 Å². The highest BCUT2D eigenvalue weighted by Crippen LogP contribution is 2.63. The maximum absolute atomic E-state index is 14.2. The van der Waals surface area contributed by atoms with Crippen LogP contribution in [0.4, 0.5) is 0 Å². The van der Waals surface area contributed by atoms with Crippen molar-refractivity contribution in [3.8, 4) is 11.8 Å². The van der Waals surface area contributed by atoms with Crippen LogP contribution in [0.5, 0.6) is 0 Å². The van der Waals surface area contributed by atoms with Gasteiger partial charge in [-0.3, -0.25) is 9.59 Å². The van der Waals surface area contributed by atoms with E-state index in [1.807, 2.05) is 50.3 Å². The second-order valence-electron chi connectivity index (χ2n) is 17.1. The number of nitrogens with two attached hydrogens (primary N) is 1. The van der Waals surface area contributed by atoms with Crippen molar-refractivity contribution >= 4 is 11.7 Å². The second-order valence-corrected chi connectivity index (χ2v) is 17.1. The molecule has 1 amide bonds. The molecule has 1 aromatic carbocycles. The number of hydrogen-bond donors (Lipinski definition) is 7. The molecule has 2 aliphatic heterocycles. The lowest BCUT2D eigenvalue weighted by Gasteiger charge is -2.55. The number of hydrogen-bond acceptors (Lipinski definition) is 9. The maximum Gasteiger partial charge on any atom is 0.225 e. The van der Waals surface area contributed by atoms with Gasteiger partial charge in [-0.15, -0.1) is 0 Å². The summed E-state index contributed by atoms with van der Waals surface area (Å²) in [6, 6.07) is 5.66. The number of aliphatic hydroxyl groups is 4. The average molecular weight is 798 g/mol. The molecule has 1 spiro atoms. The van der Waals surface area contributed by atoms with Crippen molar-refractivity contribution in [2.45, 2.75) is 128 Å². The Morgan fingerprint density at radius 3 is 2.71 bits per heavy atom. The van der Waals surface area contributed by atoms with Gasteiger partial charge in [0.05, 0.1) is 24.7 Å². The van der Waals surface area contributed by atoms with Gasteiger partial charge in [0, 0.05) is 43.4 Å². The van der Waals surface area contributed by atoms with Gasteiger partial charge < -0.3 is 41.5 Å². The number of nitrogens with one attached hydrogen (secondary N) is 2. The summed E-state index contributed by atoms with van der Waals surface area (Å²) in [5.74, 6) is 5.47. The zero-order valence-electron chi connectivity index (χ0n) is 35.0. The van der Waals surface area contributed by atoms with Gasteiger partial charge in [0.15, 0.2) is 5.78 Å². The molecule has 0 aromatic heterocycles. The van der Waals surface area contributed by atoms with Crippen molar-refractivity contribution < 1.29 is 34.8 Å². The van der Waals surface area contributed by atoms with Crippen molar-refractivity contribution in [1.29, 1.82) is 0 Å². The monoisotopic (exact) mass is 797 g/mol. The third-order valence-electron chi connectivity index (χ3n) is 13.3. The standard InChI is InChI=1S/C48H67N3O7/c1-32-13-6-9-28-58-31-36(16-10-14-33(2)42(20-19-32)50-25-7-5-8-26-52)38-22-24-48(45(38)56)41(18-12-27-53)37(21-23-47(48,4)57)34(3)43(54)29-35-15-11-17-39-40(35)30-44(55)51-46(39)49/h10-11,14-17,19,38,41-42,45-46,50,52-53,56-57H,2,5,7-8,12-13,18,20-31,49H2,1,3-4H3,(H,51,55)/b14-10+,32-19+,36-16-,37-34+/t38-,41-,42+,45-,46-,47-,48-/m1/s1. The lowest BCUT2D eigenvalue weighted by molar-refractivity contribution is -0.167. The van der Waals surface area contributed by atoms with Crippen molar-refractivity contribution in [3.63, 3.8) is 0 Å². The highest BCUT2D eigenvalue weighted by molar-refractivity contribution is 5.97. The van der Waals surface area contributed by atoms with Gasteiger partial charge in [-0.1, -0.05) is 72.1 Å². The second kappa shape index (κ2) is 21.0. The minimum Gasteiger partial charge on any atom is -0.396 e. The molecule has 7 atom stereocenters. The van der Waals surface area contributed by atoms with Crippen molar-refractivity contribution in [2.75, 3.05) is 33.0 Å². The quantitative estimate of drug-likeness (QED) is 0.0601. The van der Waals surface area contributed by atoms with Gasteiger partial charge in [-0.05, 0) is 131 Å². The van der Waals surface area contributed by atoms with E-state index in [0.29, 0.717) is 50.5 Å². The molecule has 0 bridgehead atoms. The predicted molar refractivity (Wildman–Crippen MR) is 228 cm³/mol. The first-order valence-electron chi connectivity index (χ1n) is 21.3. The van der Waals surface area contributed by atoms with Crippen LogP contribution in [0.15, 0.2) is 76.9 Å². The molecule has 2 saturated carbocycles. The SMILES string of the molecule is C=C1/C=C/C=C(\[C@H]2CC[C@@]3([C@H](CCCO)/C(=C(\C)C(=O)Cc4cccc5c4CC(=O)N[C@H]5N)CC[C@@]3(C)O)[C@@H]2O)COCC#CC/C(C)=C/C[C@@H]1NCCCCCO. The van der Waals surface area contributed by atoms with Gasteiger partial charge in [-0.25, -0.2) is 0 Å². The molecule has 2 aliphatic carbocycles. The number of unbranched alkanes of at least 4 members (excludes halogenated alkanes) is 2. The molecule has 58 heavy (non-hydrogen) atoms. The summed E-state index contributed by atoms with van der Waals surface area (Å²) in [7, 11) is 0. The van der Waals surface area contributed by atoms with Crippen LogP contribution in [0, 0.1) is 29.1 Å². The lowest BCUT2D eigenvalue weighted by Crippen LogP contribution is -2.59. The fourth-order valence-electron chi connectivity index (χ4n) is 9.95. The predicted octanol–water partition coefficient (Wildman–Crippen LogP) is 5.35. The number of aliphatic hydroxyl groups excluding tert-OH is 3. The van der Waals surface area contributed by atoms with E-state index in [1.165, 1.54) is 5.57 Å². The Hall–Kier alpha value is -3.66. The number of Topliss-reactive ketones (excluding diaryl/α,β-unsaturated/α-hetero) is 1. The Morgan fingerprint density at radius 1 is 1.14 bits per heavy atom. The summed E-state index contributed by atoms with van der Waals surface area (Å²) < 4.78 is 6.13. The van der Waals surface area contributed by atoms with Crippen LogP contribution < -0.4 is 16.4 Å². The third kappa shape index (κ3) is 10.6. The van der Waals surface area contributed by atoms with Gasteiger partial charge >= 0.3 is 0 Å². The smallest absolute Gasteiger partial charge is 0.225 e. The molecule has 5 rings (SSSR count). The molecule has 0 unspecified atom stereocenters. The zero-order valence-corrected chi connectivity index (χ0v) is 35.0. The van der Waals surface area contributed by atoms with Crippen LogP contribution in [0.25, 0.3) is 0 Å². The molecule has 0 radical (unpaired) electrons. The van der Waals surface area contributed by atoms with Crippen LogP contribution in [-0.4, -0.2) is 82.8 Å². The minimum atomic E-state index is -1.24. The van der Waals surface area contributed by atoms with Crippen molar-refractivity contribution in [2.24, 2.45) is 23.0 Å². The van der Waals surface area contributed by atoms with Gasteiger partial charge in [0.1, 0.15) is 12.8 Å². The molecule has 1 aromatic rings. The Bertz CT molecular complexity index is 1830. The topological polar surface area (TPSA) is 174 Å². The normalized spacial score (nSPS) is 32.7. The Balaban J connectivity index is 1.45. The van der Waals surface area contributed by atoms with E-state index in [2.05, 4.69) is 42.1 Å². The number of carbonyl (C=O) groups is 2. The highest BCUT2D eigenvalue weighted by atomic mass is 16.5. The molecular weight excluding hydrogens is 731 g/mol. The summed E-state index contributed by atoms with van der Waals surface area (Å²) in [5.41, 5.74) is 11.0. The third-order valence-corrected chi connectivity index (χ3v) is 13.3. The first-order valence-corrected chi connectivity index (χ1v) is 21.3. The van der Waals surface area contributed by atoms with Gasteiger partial charge in [-0.2, -0.15) is 0 Å². The van der Waals surface area contributed by atoms with E-state index in [9.17, 15) is 30.0 Å². The number of rotatable bonds is 13. The summed E-state index contributed by atoms with van der Waals surface area (Å²) in [6.07, 6.45) is 14.0. The van der Waals surface area contributed by atoms with E-state index in [-0.39, 0.29) is 68.8 Å². The number of allylic oxidation sites excluding steroid dienone is 5. The van der Waals surface area contributed by atoms with Crippen LogP contribution in [0.3, 0.4) is 0 Å². The summed E-state index contributed by atoms with van der Waals surface area (Å²) in [6.45, 7) is 11.7. The number of ether oxygens (including phenoxy) is 1. The molecule has 10 heteroatoms. The van der Waals surface area contributed by atoms with Crippen molar-refractivity contribution in [1.82, 2.24) is 10.6 Å². The van der Waals surface area contributed by atoms with Crippen LogP contribution in [0.2, 0.25) is 0 Å². The van der Waals surface area contributed by atoms with E-state index in [4.69, 9.17) is 10.5 Å². The van der Waals surface area contributed by atoms with E-state index in [1.54, 1.807) is 0 Å². The van der Waals surface area contributed by atoms with Crippen LogP contribution in [-0.2, 0) is 27.2 Å². The first kappa shape index (κ1) is 45.4. The molecule has 8 N–H and O–H groups in total. The molecule has 4 aliphatic rings. The number of fused-ring (bicyclic) bond motifs is 1. The Labute approximate surface area is 345 Å².